The maximum absolute atomic E-state index is 13.5. The number of alkyl halides is 1. The maximum atomic E-state index is 13.5. The number of ether oxygens (including phenoxy) is 1. The Morgan fingerprint density at radius 2 is 2.11 bits per heavy atom. The quantitative estimate of drug-likeness (QED) is 0.607. The van der Waals surface area contributed by atoms with Crippen LogP contribution >= 0.6 is 0 Å². The van der Waals surface area contributed by atoms with Gasteiger partial charge in [-0.2, -0.15) is 0 Å². The molecule has 1 aliphatic heterocycles. The van der Waals surface area contributed by atoms with Gasteiger partial charge in [-0.25, -0.2) is 14.0 Å². The number of nitrogens with two attached hydrogens (primary N) is 1. The third-order valence-electron chi connectivity index (χ3n) is 3.10. The Labute approximate surface area is 120 Å². The minimum absolute atomic E-state index is 0.0918. The summed E-state index contributed by atoms with van der Waals surface area (Å²) in [6, 6.07) is 0. The number of hydrogen-bond acceptors (Lipinski definition) is 4. The Morgan fingerprint density at radius 3 is 2.74 bits per heavy atom. The lowest BCUT2D eigenvalue weighted by Gasteiger charge is -2.34. The van der Waals surface area contributed by atoms with Crippen LogP contribution in [-0.2, 0) is 8.53 Å². The zero-order valence-electron chi connectivity index (χ0n) is 10.7. The Balaban J connectivity index is 2.25. The highest BCUT2D eigenvalue weighted by Crippen LogP contribution is 2.24. The molecule has 8 heteroatoms. The molecule has 2 radical (unpaired) electrons. The lowest BCUT2D eigenvalue weighted by Crippen LogP contribution is -2.45. The summed E-state index contributed by atoms with van der Waals surface area (Å²) >= 11 is 1.87. The van der Waals surface area contributed by atoms with E-state index in [0.717, 1.165) is 12.8 Å². The number of halogens is 1. The van der Waals surface area contributed by atoms with E-state index in [1.165, 1.54) is 4.90 Å². The van der Waals surface area contributed by atoms with Crippen molar-refractivity contribution in [2.75, 3.05) is 19.7 Å². The number of rotatable bonds is 5. The van der Waals surface area contributed by atoms with Crippen LogP contribution in [0, 0.1) is 5.92 Å². The van der Waals surface area contributed by atoms with Gasteiger partial charge in [-0.05, 0) is 31.6 Å². The van der Waals surface area contributed by atoms with Gasteiger partial charge in [0.15, 0.2) is 0 Å². The van der Waals surface area contributed by atoms with Crippen molar-refractivity contribution in [2.45, 2.75) is 31.9 Å². The molecule has 1 aliphatic rings. The predicted octanol–water partition coefficient (Wildman–Crippen LogP) is 1.13. The van der Waals surface area contributed by atoms with Crippen molar-refractivity contribution < 1.29 is 22.5 Å². The number of likely N-dealkylation sites (tertiary alicyclic amines) is 1. The van der Waals surface area contributed by atoms with Gasteiger partial charge in [0, 0.05) is 6.54 Å². The molecular weight excluding hydrogens is 270 g/mol. The van der Waals surface area contributed by atoms with Crippen molar-refractivity contribution in [1.82, 2.24) is 4.90 Å². The summed E-state index contributed by atoms with van der Waals surface area (Å²) in [4.78, 5) is 23.1. The first-order chi connectivity index (χ1) is 9.02. The van der Waals surface area contributed by atoms with Gasteiger partial charge in [-0.1, -0.05) is 0 Å². The standard InChI is InChI=1S/C11H19FN2O4.Al/c12-9-5-8(6-14(7-9)11(16)17)3-1-2-4-18-10(13)15;/h8-9H,1-7H2,(H2,13,15)(H,16,17);/q;+1/p-1/t8-,9+;/m1./s1. The zero-order valence-corrected chi connectivity index (χ0v) is 11.9. The SMILES string of the molecule is NC(=O)OCCCC[C@@H]1C[C@H](F)CN(C(=O)[O][Al])C1. The molecule has 0 bridgehead atoms. The number of amides is 2. The minimum atomic E-state index is -1.01. The van der Waals surface area contributed by atoms with Gasteiger partial charge in [-0.3, -0.25) is 0 Å². The van der Waals surface area contributed by atoms with E-state index >= 15 is 0 Å². The van der Waals surface area contributed by atoms with Crippen molar-refractivity contribution in [3.63, 3.8) is 0 Å². The van der Waals surface area contributed by atoms with E-state index in [4.69, 9.17) is 5.73 Å². The van der Waals surface area contributed by atoms with Crippen LogP contribution in [0.25, 0.3) is 0 Å². The van der Waals surface area contributed by atoms with E-state index in [-0.39, 0.29) is 19.1 Å². The van der Waals surface area contributed by atoms with Crippen molar-refractivity contribution in [3.8, 4) is 0 Å². The van der Waals surface area contributed by atoms with Gasteiger partial charge in [0.25, 0.3) is 0 Å². The molecule has 0 unspecified atom stereocenters. The van der Waals surface area contributed by atoms with Crippen LogP contribution in [-0.4, -0.2) is 59.6 Å². The summed E-state index contributed by atoms with van der Waals surface area (Å²) in [6.45, 7) is 0.872. The Morgan fingerprint density at radius 1 is 1.37 bits per heavy atom. The van der Waals surface area contributed by atoms with Crippen LogP contribution in [0.15, 0.2) is 0 Å². The molecule has 1 heterocycles. The van der Waals surface area contributed by atoms with Crippen LogP contribution in [0.5, 0.6) is 0 Å². The second kappa shape index (κ2) is 8.23. The summed E-state index contributed by atoms with van der Waals surface area (Å²) in [7, 11) is 0. The summed E-state index contributed by atoms with van der Waals surface area (Å²) in [5, 5.41) is 0. The second-order valence-corrected chi connectivity index (χ2v) is 4.89. The predicted molar refractivity (Wildman–Crippen MR) is 66.2 cm³/mol. The number of primary amides is 1. The lowest BCUT2D eigenvalue weighted by molar-refractivity contribution is 0.0845. The number of nitrogens with zero attached hydrogens (tertiary/aromatic N) is 1. The lowest BCUT2D eigenvalue weighted by atomic mass is 9.92. The van der Waals surface area contributed by atoms with E-state index in [9.17, 15) is 14.0 Å². The Bertz CT molecular complexity index is 319. The molecular formula is C11H18AlFN2O4. The van der Waals surface area contributed by atoms with Crippen molar-refractivity contribution in [2.24, 2.45) is 11.7 Å². The first-order valence-electron chi connectivity index (χ1n) is 6.25. The summed E-state index contributed by atoms with van der Waals surface area (Å²) in [5.74, 6) is 0.112. The molecule has 2 N–H and O–H groups in total. The molecule has 0 aromatic carbocycles. The monoisotopic (exact) mass is 288 g/mol. The molecule has 6 nitrogen and oxygen atoms in total. The fourth-order valence-corrected chi connectivity index (χ4v) is 2.43. The second-order valence-electron chi connectivity index (χ2n) is 4.65. The van der Waals surface area contributed by atoms with Crippen molar-refractivity contribution in [3.05, 3.63) is 0 Å². The van der Waals surface area contributed by atoms with E-state index in [2.05, 4.69) is 8.53 Å². The van der Waals surface area contributed by atoms with E-state index in [0.29, 0.717) is 19.4 Å². The van der Waals surface area contributed by atoms with Crippen LogP contribution in [0.2, 0.25) is 0 Å². The number of carbonyl (C=O) groups excluding carboxylic acids is 2. The topological polar surface area (TPSA) is 81.9 Å². The largest absolute Gasteiger partial charge is 0.612 e. The van der Waals surface area contributed by atoms with Crippen LogP contribution < -0.4 is 5.73 Å². The molecule has 0 aliphatic carbocycles. The smallest absolute Gasteiger partial charge is 0.487 e. The van der Waals surface area contributed by atoms with Gasteiger partial charge in [0.05, 0.1) is 13.2 Å². The zero-order chi connectivity index (χ0) is 14.3. The molecule has 0 aromatic heterocycles. The third-order valence-corrected chi connectivity index (χ3v) is 3.30. The molecule has 2 atom stereocenters. The van der Waals surface area contributed by atoms with E-state index in [1.807, 2.05) is 16.6 Å². The molecule has 1 saturated heterocycles. The van der Waals surface area contributed by atoms with Crippen LogP contribution in [0.3, 0.4) is 0 Å². The average Bonchev–Trinajstić information content (AvgIpc) is 2.36. The molecule has 1 fully saturated rings. The number of piperidine rings is 1. The van der Waals surface area contributed by atoms with Crippen LogP contribution in [0.1, 0.15) is 25.7 Å². The molecule has 106 valence electrons. The van der Waals surface area contributed by atoms with E-state index in [1.54, 1.807) is 0 Å². The maximum Gasteiger partial charge on any atom is 0.487 e. The van der Waals surface area contributed by atoms with Gasteiger partial charge in [0.1, 0.15) is 6.17 Å². The molecule has 0 spiro atoms. The van der Waals surface area contributed by atoms with Crippen molar-refractivity contribution in [1.29, 1.82) is 0 Å². The highest BCUT2D eigenvalue weighted by Gasteiger charge is 2.29. The van der Waals surface area contributed by atoms with Gasteiger partial charge < -0.3 is 19.2 Å². The molecule has 0 saturated carbocycles. The minimum Gasteiger partial charge on any atom is -0.612 e. The summed E-state index contributed by atoms with van der Waals surface area (Å²) < 4.78 is 22.6. The number of unbranched alkanes of at least 4 members (excludes halogenated alkanes) is 1. The molecule has 2 amide bonds. The molecule has 0 aromatic rings. The summed E-state index contributed by atoms with van der Waals surface area (Å²) in [5.41, 5.74) is 4.83. The van der Waals surface area contributed by atoms with Gasteiger partial charge in [-0.15, -0.1) is 0 Å². The first-order valence-corrected chi connectivity index (χ1v) is 6.72. The fourth-order valence-electron chi connectivity index (χ4n) is 2.28. The number of hydrogen-bond donors (Lipinski definition) is 1. The highest BCUT2D eigenvalue weighted by atomic mass is 27.1. The fraction of sp³-hybridized carbons (Fsp3) is 0.818. The molecule has 19 heavy (non-hydrogen) atoms. The normalized spacial score (nSPS) is 22.9. The first kappa shape index (κ1) is 16.1. The van der Waals surface area contributed by atoms with Crippen LogP contribution in [0.4, 0.5) is 14.0 Å². The van der Waals surface area contributed by atoms with Gasteiger partial charge >= 0.3 is 28.8 Å². The Hall–Kier alpha value is -0.998. The van der Waals surface area contributed by atoms with E-state index < -0.39 is 18.4 Å². The average molecular weight is 288 g/mol. The van der Waals surface area contributed by atoms with Crippen molar-refractivity contribution >= 4 is 28.8 Å². The third kappa shape index (κ3) is 6.12. The van der Waals surface area contributed by atoms with Gasteiger partial charge in [0.2, 0.25) is 0 Å². The Kier molecular flexibility index (Phi) is 6.95. The number of carbonyl (C=O) groups is 2. The molecule has 1 rings (SSSR count). The highest BCUT2D eigenvalue weighted by molar-refractivity contribution is 6.05. The summed E-state index contributed by atoms with van der Waals surface area (Å²) in [6.07, 6.45) is 0.411.